The number of furan rings is 1. The first kappa shape index (κ1) is 13.1. The van der Waals surface area contributed by atoms with Gasteiger partial charge in [-0.15, -0.1) is 0 Å². The summed E-state index contributed by atoms with van der Waals surface area (Å²) in [5.41, 5.74) is 5.82. The van der Waals surface area contributed by atoms with E-state index in [-0.39, 0.29) is 11.9 Å². The molecule has 1 aliphatic carbocycles. The molecule has 4 nitrogen and oxygen atoms in total. The van der Waals surface area contributed by atoms with Gasteiger partial charge in [-0.3, -0.25) is 4.79 Å². The SMILES string of the molecule is Cc1ccc(CCCC(=O)NC2CCC(N)C2)o1. The Kier molecular flexibility index (Phi) is 4.42. The van der Waals surface area contributed by atoms with Gasteiger partial charge < -0.3 is 15.5 Å². The lowest BCUT2D eigenvalue weighted by Crippen LogP contribution is -2.33. The smallest absolute Gasteiger partial charge is 0.220 e. The summed E-state index contributed by atoms with van der Waals surface area (Å²) in [6.07, 6.45) is 5.18. The standard InChI is InChI=1S/C14H22N2O2/c1-10-5-8-13(18-10)3-2-4-14(17)16-12-7-6-11(15)9-12/h5,8,11-12H,2-4,6-7,9,15H2,1H3,(H,16,17). The molecular formula is C14H22N2O2. The highest BCUT2D eigenvalue weighted by Gasteiger charge is 2.22. The zero-order chi connectivity index (χ0) is 13.0. The second-order valence-corrected chi connectivity index (χ2v) is 5.20. The van der Waals surface area contributed by atoms with Crippen LogP contribution in [0.15, 0.2) is 16.5 Å². The largest absolute Gasteiger partial charge is 0.466 e. The monoisotopic (exact) mass is 250 g/mol. The molecule has 0 radical (unpaired) electrons. The van der Waals surface area contributed by atoms with E-state index < -0.39 is 0 Å². The highest BCUT2D eigenvalue weighted by molar-refractivity contribution is 5.76. The molecule has 0 aromatic carbocycles. The number of nitrogens with two attached hydrogens (primary N) is 1. The van der Waals surface area contributed by atoms with Crippen molar-refractivity contribution in [3.63, 3.8) is 0 Å². The summed E-state index contributed by atoms with van der Waals surface area (Å²) >= 11 is 0. The van der Waals surface area contributed by atoms with Crippen molar-refractivity contribution < 1.29 is 9.21 Å². The third kappa shape index (κ3) is 3.88. The molecular weight excluding hydrogens is 228 g/mol. The molecule has 1 saturated carbocycles. The average Bonchev–Trinajstić information content (AvgIpc) is 2.88. The van der Waals surface area contributed by atoms with Gasteiger partial charge in [-0.05, 0) is 44.7 Å². The predicted octanol–water partition coefficient (Wildman–Crippen LogP) is 1.91. The van der Waals surface area contributed by atoms with Crippen LogP contribution in [0.4, 0.5) is 0 Å². The highest BCUT2D eigenvalue weighted by Crippen LogP contribution is 2.17. The van der Waals surface area contributed by atoms with Crippen molar-refractivity contribution in [2.45, 2.75) is 57.5 Å². The molecule has 0 spiro atoms. The van der Waals surface area contributed by atoms with Crippen molar-refractivity contribution in [1.29, 1.82) is 0 Å². The van der Waals surface area contributed by atoms with E-state index in [2.05, 4.69) is 5.32 Å². The van der Waals surface area contributed by atoms with E-state index in [1.165, 1.54) is 0 Å². The minimum atomic E-state index is 0.136. The van der Waals surface area contributed by atoms with Crippen LogP contribution in [0.2, 0.25) is 0 Å². The van der Waals surface area contributed by atoms with Crippen molar-refractivity contribution in [3.8, 4) is 0 Å². The quantitative estimate of drug-likeness (QED) is 0.838. The second kappa shape index (κ2) is 6.05. The third-order valence-electron chi connectivity index (χ3n) is 3.46. The van der Waals surface area contributed by atoms with Crippen molar-refractivity contribution >= 4 is 5.91 Å². The number of carbonyl (C=O) groups excluding carboxylic acids is 1. The van der Waals surface area contributed by atoms with Gasteiger partial charge in [-0.2, -0.15) is 0 Å². The number of rotatable bonds is 5. The first-order chi connectivity index (χ1) is 8.63. The van der Waals surface area contributed by atoms with Crippen LogP contribution >= 0.6 is 0 Å². The molecule has 2 rings (SSSR count). The molecule has 100 valence electrons. The maximum atomic E-state index is 11.7. The van der Waals surface area contributed by atoms with E-state index in [9.17, 15) is 4.79 Å². The van der Waals surface area contributed by atoms with Crippen molar-refractivity contribution in [2.24, 2.45) is 5.73 Å². The van der Waals surface area contributed by atoms with Crippen LogP contribution in [0.5, 0.6) is 0 Å². The Balaban J connectivity index is 1.63. The highest BCUT2D eigenvalue weighted by atomic mass is 16.3. The fourth-order valence-electron chi connectivity index (χ4n) is 2.49. The van der Waals surface area contributed by atoms with Gasteiger partial charge in [0.25, 0.3) is 0 Å². The molecule has 1 aromatic heterocycles. The van der Waals surface area contributed by atoms with E-state index in [0.29, 0.717) is 12.5 Å². The molecule has 1 heterocycles. The maximum Gasteiger partial charge on any atom is 0.220 e. The Morgan fingerprint density at radius 3 is 2.94 bits per heavy atom. The third-order valence-corrected chi connectivity index (χ3v) is 3.46. The lowest BCUT2D eigenvalue weighted by Gasteiger charge is -2.11. The zero-order valence-electron chi connectivity index (χ0n) is 10.9. The number of nitrogens with one attached hydrogen (secondary N) is 1. The van der Waals surface area contributed by atoms with Gasteiger partial charge in [0.15, 0.2) is 0 Å². The molecule has 3 N–H and O–H groups in total. The van der Waals surface area contributed by atoms with Crippen LogP contribution in [0, 0.1) is 6.92 Å². The normalized spacial score (nSPS) is 23.2. The Labute approximate surface area is 108 Å². The average molecular weight is 250 g/mol. The van der Waals surface area contributed by atoms with Gasteiger partial charge in [-0.25, -0.2) is 0 Å². The maximum absolute atomic E-state index is 11.7. The van der Waals surface area contributed by atoms with Crippen LogP contribution < -0.4 is 11.1 Å². The van der Waals surface area contributed by atoms with E-state index in [1.807, 2.05) is 19.1 Å². The van der Waals surface area contributed by atoms with Gasteiger partial charge in [0.1, 0.15) is 11.5 Å². The van der Waals surface area contributed by atoms with Crippen LogP contribution in [0.25, 0.3) is 0 Å². The second-order valence-electron chi connectivity index (χ2n) is 5.20. The van der Waals surface area contributed by atoms with Gasteiger partial charge in [0.05, 0.1) is 0 Å². The Morgan fingerprint density at radius 2 is 2.33 bits per heavy atom. The lowest BCUT2D eigenvalue weighted by molar-refractivity contribution is -0.121. The van der Waals surface area contributed by atoms with Crippen LogP contribution in [-0.4, -0.2) is 18.0 Å². The molecule has 0 saturated heterocycles. The molecule has 0 bridgehead atoms. The number of aryl methyl sites for hydroxylation is 2. The summed E-state index contributed by atoms with van der Waals surface area (Å²) in [7, 11) is 0. The van der Waals surface area contributed by atoms with Gasteiger partial charge in [0.2, 0.25) is 5.91 Å². The molecule has 0 aliphatic heterocycles. The van der Waals surface area contributed by atoms with Crippen LogP contribution in [0.3, 0.4) is 0 Å². The minimum Gasteiger partial charge on any atom is -0.466 e. The van der Waals surface area contributed by atoms with E-state index in [1.54, 1.807) is 0 Å². The fraction of sp³-hybridized carbons (Fsp3) is 0.643. The summed E-state index contributed by atoms with van der Waals surface area (Å²) in [6, 6.07) is 4.48. The fourth-order valence-corrected chi connectivity index (χ4v) is 2.49. The lowest BCUT2D eigenvalue weighted by atomic mass is 10.2. The van der Waals surface area contributed by atoms with Crippen molar-refractivity contribution in [3.05, 3.63) is 23.7 Å². The number of carbonyl (C=O) groups is 1. The minimum absolute atomic E-state index is 0.136. The zero-order valence-corrected chi connectivity index (χ0v) is 10.9. The summed E-state index contributed by atoms with van der Waals surface area (Å²) < 4.78 is 5.46. The summed E-state index contributed by atoms with van der Waals surface area (Å²) in [4.78, 5) is 11.7. The summed E-state index contributed by atoms with van der Waals surface area (Å²) in [5, 5.41) is 3.05. The summed E-state index contributed by atoms with van der Waals surface area (Å²) in [6.45, 7) is 1.93. The number of hydrogen-bond acceptors (Lipinski definition) is 3. The molecule has 1 amide bonds. The van der Waals surface area contributed by atoms with E-state index >= 15 is 0 Å². The molecule has 2 unspecified atom stereocenters. The Morgan fingerprint density at radius 1 is 1.50 bits per heavy atom. The van der Waals surface area contributed by atoms with Crippen molar-refractivity contribution in [1.82, 2.24) is 5.32 Å². The van der Waals surface area contributed by atoms with Gasteiger partial charge in [-0.1, -0.05) is 0 Å². The molecule has 2 atom stereocenters. The number of hydrogen-bond donors (Lipinski definition) is 2. The topological polar surface area (TPSA) is 68.3 Å². The van der Waals surface area contributed by atoms with Gasteiger partial charge >= 0.3 is 0 Å². The summed E-state index contributed by atoms with van der Waals surface area (Å²) in [5.74, 6) is 2.02. The Hall–Kier alpha value is -1.29. The Bertz CT molecular complexity index is 400. The first-order valence-electron chi connectivity index (χ1n) is 6.74. The van der Waals surface area contributed by atoms with E-state index in [4.69, 9.17) is 10.2 Å². The van der Waals surface area contributed by atoms with Crippen LogP contribution in [-0.2, 0) is 11.2 Å². The van der Waals surface area contributed by atoms with Crippen LogP contribution in [0.1, 0.15) is 43.6 Å². The molecule has 1 aromatic rings. The molecule has 1 fully saturated rings. The number of amides is 1. The van der Waals surface area contributed by atoms with E-state index in [0.717, 1.165) is 43.6 Å². The molecule has 1 aliphatic rings. The first-order valence-corrected chi connectivity index (χ1v) is 6.74. The molecule has 18 heavy (non-hydrogen) atoms. The predicted molar refractivity (Wildman–Crippen MR) is 70.1 cm³/mol. The van der Waals surface area contributed by atoms with Gasteiger partial charge in [0, 0.05) is 24.9 Å². The molecule has 4 heteroatoms. The van der Waals surface area contributed by atoms with Crippen molar-refractivity contribution in [2.75, 3.05) is 0 Å².